The number of nitrogens with one attached hydrogen (secondary N) is 3. The van der Waals surface area contributed by atoms with Gasteiger partial charge in [-0.15, -0.1) is 0 Å². The largest absolute Gasteiger partial charge is 0.381 e. The first-order valence-electron chi connectivity index (χ1n) is 11.2. The highest BCUT2D eigenvalue weighted by Crippen LogP contribution is 2.26. The molecular weight excluding hydrogens is 372 g/mol. The first-order chi connectivity index (χ1) is 14.7. The quantitative estimate of drug-likeness (QED) is 0.438. The first kappa shape index (κ1) is 22.3. The fraction of sp³-hybridized carbons (Fsp3) is 0.480. The highest BCUT2D eigenvalue weighted by atomic mass is 16.5. The zero-order valence-electron chi connectivity index (χ0n) is 18.4. The van der Waals surface area contributed by atoms with Crippen molar-refractivity contribution in [2.24, 2.45) is 4.99 Å². The number of nitrogens with zero attached hydrogens (tertiary/aromatic N) is 1. The van der Waals surface area contributed by atoms with Gasteiger partial charge in [-0.3, -0.25) is 4.99 Å². The van der Waals surface area contributed by atoms with Crippen LogP contribution in [0.25, 0.3) is 0 Å². The van der Waals surface area contributed by atoms with Crippen molar-refractivity contribution in [3.05, 3.63) is 71.8 Å². The lowest BCUT2D eigenvalue weighted by atomic mass is 9.88. The van der Waals surface area contributed by atoms with Gasteiger partial charge in [0.05, 0.1) is 6.54 Å². The van der Waals surface area contributed by atoms with Crippen LogP contribution in [0.3, 0.4) is 0 Å². The van der Waals surface area contributed by atoms with Crippen molar-refractivity contribution in [1.82, 2.24) is 16.0 Å². The Morgan fingerprint density at radius 2 is 1.67 bits per heavy atom. The minimum absolute atomic E-state index is 0.0463. The van der Waals surface area contributed by atoms with Gasteiger partial charge in [-0.25, -0.2) is 0 Å². The van der Waals surface area contributed by atoms with Crippen molar-refractivity contribution in [3.8, 4) is 0 Å². The van der Waals surface area contributed by atoms with Crippen LogP contribution in [0.4, 0.5) is 0 Å². The number of rotatable bonds is 9. The summed E-state index contributed by atoms with van der Waals surface area (Å²) in [5.41, 5.74) is 2.59. The van der Waals surface area contributed by atoms with Crippen LogP contribution >= 0.6 is 0 Å². The van der Waals surface area contributed by atoms with Crippen LogP contribution in [-0.4, -0.2) is 44.3 Å². The molecule has 30 heavy (non-hydrogen) atoms. The molecular formula is C25H36N4O. The maximum Gasteiger partial charge on any atom is 0.191 e. The molecule has 2 aromatic carbocycles. The number of guanidine groups is 1. The maximum absolute atomic E-state index is 5.66. The second-order valence-electron chi connectivity index (χ2n) is 8.03. The summed E-state index contributed by atoms with van der Waals surface area (Å²) in [4.78, 5) is 4.96. The van der Waals surface area contributed by atoms with E-state index in [1.165, 1.54) is 11.1 Å². The van der Waals surface area contributed by atoms with Crippen LogP contribution in [0.5, 0.6) is 0 Å². The van der Waals surface area contributed by atoms with Crippen LogP contribution < -0.4 is 16.0 Å². The zero-order chi connectivity index (χ0) is 21.1. The second-order valence-corrected chi connectivity index (χ2v) is 8.03. The lowest BCUT2D eigenvalue weighted by Crippen LogP contribution is -2.53. The lowest BCUT2D eigenvalue weighted by Gasteiger charge is -2.39. The van der Waals surface area contributed by atoms with Crippen LogP contribution in [0.2, 0.25) is 0 Å². The molecule has 0 aromatic heterocycles. The predicted octanol–water partition coefficient (Wildman–Crippen LogP) is 3.68. The second kappa shape index (κ2) is 11.7. The predicted molar refractivity (Wildman–Crippen MR) is 125 cm³/mol. The molecule has 5 heteroatoms. The Hall–Kier alpha value is -2.37. The van der Waals surface area contributed by atoms with Crippen molar-refractivity contribution in [1.29, 1.82) is 0 Å². The average Bonchev–Trinajstić information content (AvgIpc) is 2.79. The minimum Gasteiger partial charge on any atom is -0.381 e. The van der Waals surface area contributed by atoms with Gasteiger partial charge in [0.15, 0.2) is 5.96 Å². The Kier molecular flexibility index (Phi) is 8.72. The van der Waals surface area contributed by atoms with Gasteiger partial charge in [0, 0.05) is 37.9 Å². The number of hydrogen-bond acceptors (Lipinski definition) is 3. The number of benzene rings is 2. The summed E-state index contributed by atoms with van der Waals surface area (Å²) in [5, 5.41) is 10.8. The van der Waals surface area contributed by atoms with E-state index in [1.54, 1.807) is 0 Å². The standard InChI is InChI=1S/C25H36N4O/c1-3-26-24(27-17-14-22-10-6-4-7-11-22)28-20-25(15-18-30-19-16-25)29-21(2)23-12-8-5-9-13-23/h4-13,21,29H,3,14-20H2,1-2H3,(H2,26,27,28). The molecule has 5 nitrogen and oxygen atoms in total. The summed E-state index contributed by atoms with van der Waals surface area (Å²) in [6.07, 6.45) is 2.92. The van der Waals surface area contributed by atoms with Crippen molar-refractivity contribution < 1.29 is 4.74 Å². The van der Waals surface area contributed by atoms with Crippen LogP contribution in [0.1, 0.15) is 43.9 Å². The van der Waals surface area contributed by atoms with Gasteiger partial charge in [0.25, 0.3) is 0 Å². The van der Waals surface area contributed by atoms with Crippen molar-refractivity contribution in [2.75, 3.05) is 32.8 Å². The van der Waals surface area contributed by atoms with Gasteiger partial charge in [0.1, 0.15) is 0 Å². The minimum atomic E-state index is -0.0463. The van der Waals surface area contributed by atoms with Crippen LogP contribution in [0, 0.1) is 0 Å². The fourth-order valence-corrected chi connectivity index (χ4v) is 3.94. The smallest absolute Gasteiger partial charge is 0.191 e. The molecule has 1 aliphatic rings. The topological polar surface area (TPSA) is 57.7 Å². The van der Waals surface area contributed by atoms with Gasteiger partial charge < -0.3 is 20.7 Å². The summed E-state index contributed by atoms with van der Waals surface area (Å²) < 4.78 is 5.66. The molecule has 2 aromatic rings. The Labute approximate surface area is 181 Å². The summed E-state index contributed by atoms with van der Waals surface area (Å²) in [5.74, 6) is 0.883. The van der Waals surface area contributed by atoms with E-state index in [0.29, 0.717) is 0 Å². The molecule has 1 heterocycles. The van der Waals surface area contributed by atoms with Crippen LogP contribution in [-0.2, 0) is 11.2 Å². The molecule has 0 amide bonds. The molecule has 0 bridgehead atoms. The van der Waals surface area contributed by atoms with Gasteiger partial charge in [-0.2, -0.15) is 0 Å². The van der Waals surface area contributed by atoms with E-state index < -0.39 is 0 Å². The van der Waals surface area contributed by atoms with Crippen LogP contribution in [0.15, 0.2) is 65.7 Å². The number of ether oxygens (including phenoxy) is 1. The molecule has 162 valence electrons. The molecule has 3 N–H and O–H groups in total. The zero-order valence-corrected chi connectivity index (χ0v) is 18.4. The summed E-state index contributed by atoms with van der Waals surface area (Å²) in [6, 6.07) is 21.5. The molecule has 1 aliphatic heterocycles. The van der Waals surface area contributed by atoms with Crippen molar-refractivity contribution in [2.45, 2.75) is 44.7 Å². The Balaban J connectivity index is 1.63. The summed E-state index contributed by atoms with van der Waals surface area (Å²) in [7, 11) is 0. The Bertz CT molecular complexity index is 757. The highest BCUT2D eigenvalue weighted by molar-refractivity contribution is 5.79. The van der Waals surface area contributed by atoms with Crippen molar-refractivity contribution in [3.63, 3.8) is 0 Å². The first-order valence-corrected chi connectivity index (χ1v) is 11.2. The van der Waals surface area contributed by atoms with Gasteiger partial charge in [-0.05, 0) is 44.2 Å². The lowest BCUT2D eigenvalue weighted by molar-refractivity contribution is 0.0374. The number of aliphatic imine (C=N–C) groups is 1. The van der Waals surface area contributed by atoms with E-state index in [0.717, 1.165) is 58.1 Å². The SMILES string of the molecule is CCNC(=NCC1(NC(C)c2ccccc2)CCOCC1)NCCc1ccccc1. The molecule has 0 radical (unpaired) electrons. The normalized spacial score (nSPS) is 17.3. The van der Waals surface area contributed by atoms with Gasteiger partial charge >= 0.3 is 0 Å². The third-order valence-corrected chi connectivity index (χ3v) is 5.71. The van der Waals surface area contributed by atoms with E-state index in [4.69, 9.17) is 9.73 Å². The van der Waals surface area contributed by atoms with E-state index >= 15 is 0 Å². The Morgan fingerprint density at radius 3 is 2.33 bits per heavy atom. The van der Waals surface area contributed by atoms with E-state index in [9.17, 15) is 0 Å². The molecule has 1 saturated heterocycles. The van der Waals surface area contributed by atoms with E-state index in [2.05, 4.69) is 90.5 Å². The third-order valence-electron chi connectivity index (χ3n) is 5.71. The Morgan fingerprint density at radius 1 is 1.00 bits per heavy atom. The van der Waals surface area contributed by atoms with E-state index in [-0.39, 0.29) is 11.6 Å². The molecule has 0 saturated carbocycles. The molecule has 3 rings (SSSR count). The number of hydrogen-bond donors (Lipinski definition) is 3. The molecule has 1 unspecified atom stereocenters. The van der Waals surface area contributed by atoms with Crippen molar-refractivity contribution >= 4 is 5.96 Å². The molecule has 0 spiro atoms. The average molecular weight is 409 g/mol. The highest BCUT2D eigenvalue weighted by Gasteiger charge is 2.34. The maximum atomic E-state index is 5.66. The fourth-order valence-electron chi connectivity index (χ4n) is 3.94. The summed E-state index contributed by atoms with van der Waals surface area (Å²) >= 11 is 0. The molecule has 1 atom stereocenters. The monoisotopic (exact) mass is 408 g/mol. The van der Waals surface area contributed by atoms with Gasteiger partial charge in [0.2, 0.25) is 0 Å². The third kappa shape index (κ3) is 6.85. The van der Waals surface area contributed by atoms with Gasteiger partial charge in [-0.1, -0.05) is 60.7 Å². The molecule has 1 fully saturated rings. The summed E-state index contributed by atoms with van der Waals surface area (Å²) in [6.45, 7) is 8.34. The van der Waals surface area contributed by atoms with E-state index in [1.807, 2.05) is 0 Å². The molecule has 0 aliphatic carbocycles.